The average molecular weight is 270 g/mol. The monoisotopic (exact) mass is 270 g/mol. The largest absolute Gasteiger partial charge is 0.373 e. The number of fused-ring (bicyclic) bond motifs is 1. The molecule has 0 atom stereocenters. The molecule has 6 heteroatoms. The van der Waals surface area contributed by atoms with Crippen molar-refractivity contribution in [2.24, 2.45) is 0 Å². The van der Waals surface area contributed by atoms with Crippen LogP contribution in [-0.2, 0) is 0 Å². The van der Waals surface area contributed by atoms with E-state index in [0.717, 1.165) is 16.8 Å². The molecule has 0 aliphatic rings. The SMILES string of the molecule is Cc1cc2c(N(C)CCC#N)ccc([N+](=O)[O-])c2cn1. The maximum atomic E-state index is 11.1. The molecule has 0 unspecified atom stereocenters. The van der Waals surface area contributed by atoms with Gasteiger partial charge in [0.05, 0.1) is 22.8 Å². The van der Waals surface area contributed by atoms with Crippen LogP contribution in [0.5, 0.6) is 0 Å². The second-order valence-electron chi connectivity index (χ2n) is 4.56. The maximum absolute atomic E-state index is 11.1. The van der Waals surface area contributed by atoms with E-state index in [-0.39, 0.29) is 5.69 Å². The number of nitro groups is 1. The molecule has 1 aromatic carbocycles. The van der Waals surface area contributed by atoms with Crippen LogP contribution in [-0.4, -0.2) is 23.5 Å². The van der Waals surface area contributed by atoms with Gasteiger partial charge in [-0.3, -0.25) is 15.1 Å². The number of hydrogen-bond acceptors (Lipinski definition) is 5. The Morgan fingerprint density at radius 1 is 1.45 bits per heavy atom. The lowest BCUT2D eigenvalue weighted by molar-refractivity contribution is -0.383. The lowest BCUT2D eigenvalue weighted by atomic mass is 10.1. The van der Waals surface area contributed by atoms with Gasteiger partial charge in [-0.15, -0.1) is 0 Å². The standard InChI is InChI=1S/C14H14N4O2/c1-10-8-11-12(9-16-10)14(18(19)20)5-4-13(11)17(2)7-3-6-15/h4-5,8-9H,3,7H2,1-2H3. The number of nitro benzene ring substituents is 1. The van der Waals surface area contributed by atoms with E-state index < -0.39 is 4.92 Å². The van der Waals surface area contributed by atoms with Crippen molar-refractivity contribution >= 4 is 22.1 Å². The molecule has 1 aromatic heterocycles. The Kier molecular flexibility index (Phi) is 3.80. The molecule has 102 valence electrons. The zero-order valence-electron chi connectivity index (χ0n) is 11.3. The highest BCUT2D eigenvalue weighted by Gasteiger charge is 2.16. The van der Waals surface area contributed by atoms with Crippen molar-refractivity contribution in [3.63, 3.8) is 0 Å². The van der Waals surface area contributed by atoms with Gasteiger partial charge in [-0.2, -0.15) is 5.26 Å². The molecule has 0 bridgehead atoms. The van der Waals surface area contributed by atoms with Crippen molar-refractivity contribution in [2.45, 2.75) is 13.3 Å². The van der Waals surface area contributed by atoms with Gasteiger partial charge in [0.25, 0.3) is 5.69 Å². The quantitative estimate of drug-likeness (QED) is 0.630. The van der Waals surface area contributed by atoms with Crippen LogP contribution in [0, 0.1) is 28.4 Å². The lowest BCUT2D eigenvalue weighted by Crippen LogP contribution is -2.18. The molecule has 6 nitrogen and oxygen atoms in total. The van der Waals surface area contributed by atoms with Gasteiger partial charge in [-0.25, -0.2) is 0 Å². The third-order valence-electron chi connectivity index (χ3n) is 3.16. The molecule has 0 radical (unpaired) electrons. The predicted octanol–water partition coefficient (Wildman–Crippen LogP) is 2.80. The van der Waals surface area contributed by atoms with E-state index in [1.807, 2.05) is 24.9 Å². The fourth-order valence-corrected chi connectivity index (χ4v) is 2.14. The minimum atomic E-state index is -0.404. The summed E-state index contributed by atoms with van der Waals surface area (Å²) in [4.78, 5) is 16.7. The molecule has 1 heterocycles. The van der Waals surface area contributed by atoms with Crippen molar-refractivity contribution in [3.05, 3.63) is 40.2 Å². The van der Waals surface area contributed by atoms with Crippen molar-refractivity contribution in [1.82, 2.24) is 4.98 Å². The van der Waals surface area contributed by atoms with E-state index in [9.17, 15) is 10.1 Å². The van der Waals surface area contributed by atoms with Crippen LogP contribution >= 0.6 is 0 Å². The first-order chi connectivity index (χ1) is 9.54. The Balaban J connectivity index is 2.62. The van der Waals surface area contributed by atoms with Crippen molar-refractivity contribution < 1.29 is 4.92 Å². The summed E-state index contributed by atoms with van der Waals surface area (Å²) in [5.74, 6) is 0. The molecule has 0 aliphatic heterocycles. The number of rotatable bonds is 4. The van der Waals surface area contributed by atoms with Gasteiger partial charge in [0.1, 0.15) is 0 Å². The highest BCUT2D eigenvalue weighted by atomic mass is 16.6. The van der Waals surface area contributed by atoms with Gasteiger partial charge < -0.3 is 4.90 Å². The second kappa shape index (κ2) is 5.53. The number of aromatic nitrogens is 1. The number of hydrogen-bond donors (Lipinski definition) is 0. The number of benzene rings is 1. The number of pyridine rings is 1. The Hall–Kier alpha value is -2.68. The van der Waals surface area contributed by atoms with Crippen LogP contribution in [0.3, 0.4) is 0 Å². The van der Waals surface area contributed by atoms with E-state index in [1.165, 1.54) is 12.3 Å². The van der Waals surface area contributed by atoms with Crippen LogP contribution in [0.2, 0.25) is 0 Å². The minimum Gasteiger partial charge on any atom is -0.373 e. The molecule has 0 amide bonds. The highest BCUT2D eigenvalue weighted by Crippen LogP contribution is 2.33. The summed E-state index contributed by atoms with van der Waals surface area (Å²) in [6, 6.07) is 7.13. The van der Waals surface area contributed by atoms with Crippen LogP contribution < -0.4 is 4.90 Å². The molecule has 0 saturated carbocycles. The van der Waals surface area contributed by atoms with Gasteiger partial charge in [-0.05, 0) is 19.1 Å². The summed E-state index contributed by atoms with van der Waals surface area (Å²) in [6.07, 6.45) is 1.93. The van der Waals surface area contributed by atoms with E-state index in [4.69, 9.17) is 5.26 Å². The Morgan fingerprint density at radius 2 is 2.20 bits per heavy atom. The Bertz CT molecular complexity index is 706. The molecule has 20 heavy (non-hydrogen) atoms. The molecule has 0 fully saturated rings. The summed E-state index contributed by atoms with van der Waals surface area (Å²) in [6.45, 7) is 2.42. The second-order valence-corrected chi connectivity index (χ2v) is 4.56. The third-order valence-corrected chi connectivity index (χ3v) is 3.16. The number of nitrogens with zero attached hydrogens (tertiary/aromatic N) is 4. The minimum absolute atomic E-state index is 0.0462. The fourth-order valence-electron chi connectivity index (χ4n) is 2.14. The summed E-state index contributed by atoms with van der Waals surface area (Å²) in [5.41, 5.74) is 1.71. The molecule has 2 aromatic rings. The first-order valence-corrected chi connectivity index (χ1v) is 6.16. The van der Waals surface area contributed by atoms with Crippen LogP contribution in [0.15, 0.2) is 24.4 Å². The van der Waals surface area contributed by atoms with Crippen molar-refractivity contribution in [2.75, 3.05) is 18.5 Å². The fraction of sp³-hybridized carbons (Fsp3) is 0.286. The van der Waals surface area contributed by atoms with Gasteiger partial charge in [0.15, 0.2) is 0 Å². The topological polar surface area (TPSA) is 83.1 Å². The van der Waals surface area contributed by atoms with Crippen LogP contribution in [0.25, 0.3) is 10.8 Å². The zero-order valence-corrected chi connectivity index (χ0v) is 11.3. The first kappa shape index (κ1) is 13.7. The summed E-state index contributed by atoms with van der Waals surface area (Å²) in [5, 5.41) is 21.0. The molecule has 0 saturated heterocycles. The van der Waals surface area contributed by atoms with E-state index in [2.05, 4.69) is 11.1 Å². The highest BCUT2D eigenvalue weighted by molar-refractivity contribution is 5.99. The summed E-state index contributed by atoms with van der Waals surface area (Å²) < 4.78 is 0. The lowest BCUT2D eigenvalue weighted by Gasteiger charge is -2.20. The van der Waals surface area contributed by atoms with E-state index in [0.29, 0.717) is 18.4 Å². The normalized spacial score (nSPS) is 10.2. The number of aryl methyl sites for hydroxylation is 1. The van der Waals surface area contributed by atoms with Crippen molar-refractivity contribution in [3.8, 4) is 6.07 Å². The molecule has 2 rings (SSSR count). The molecule has 0 spiro atoms. The van der Waals surface area contributed by atoms with Gasteiger partial charge in [0.2, 0.25) is 0 Å². The smallest absolute Gasteiger partial charge is 0.278 e. The maximum Gasteiger partial charge on any atom is 0.278 e. The summed E-state index contributed by atoms with van der Waals surface area (Å²) in [7, 11) is 1.87. The average Bonchev–Trinajstić information content (AvgIpc) is 2.43. The molecule has 0 aliphatic carbocycles. The van der Waals surface area contributed by atoms with Gasteiger partial charge >= 0.3 is 0 Å². The Morgan fingerprint density at radius 3 is 2.85 bits per heavy atom. The van der Waals surface area contributed by atoms with E-state index >= 15 is 0 Å². The third kappa shape index (κ3) is 2.52. The predicted molar refractivity (Wildman–Crippen MR) is 76.6 cm³/mol. The Labute approximate surface area is 116 Å². The molecule has 0 N–H and O–H groups in total. The molecular formula is C14H14N4O2. The number of anilines is 1. The first-order valence-electron chi connectivity index (χ1n) is 6.16. The van der Waals surface area contributed by atoms with Gasteiger partial charge in [0, 0.05) is 42.6 Å². The molecular weight excluding hydrogens is 256 g/mol. The number of non-ortho nitro benzene ring substituents is 1. The van der Waals surface area contributed by atoms with Crippen LogP contribution in [0.1, 0.15) is 12.1 Å². The van der Waals surface area contributed by atoms with Crippen LogP contribution in [0.4, 0.5) is 11.4 Å². The van der Waals surface area contributed by atoms with E-state index in [1.54, 1.807) is 6.07 Å². The number of nitriles is 1. The van der Waals surface area contributed by atoms with Gasteiger partial charge in [-0.1, -0.05) is 0 Å². The van der Waals surface area contributed by atoms with Crippen molar-refractivity contribution in [1.29, 1.82) is 5.26 Å². The summed E-state index contributed by atoms with van der Waals surface area (Å²) >= 11 is 0. The zero-order chi connectivity index (χ0) is 14.7.